The molecule has 0 aromatic rings. The van der Waals surface area contributed by atoms with Crippen LogP contribution in [0.25, 0.3) is 0 Å². The lowest BCUT2D eigenvalue weighted by Crippen LogP contribution is -2.33. The quantitative estimate of drug-likeness (QED) is 0.470. The molecule has 0 radical (unpaired) electrons. The van der Waals surface area contributed by atoms with Crippen LogP contribution >= 0.6 is 0 Å². The Kier molecular flexibility index (Phi) is 11.5. The summed E-state index contributed by atoms with van der Waals surface area (Å²) in [7, 11) is 4.17. The monoisotopic (exact) mass is 311 g/mol. The molecule has 22 heavy (non-hydrogen) atoms. The highest BCUT2D eigenvalue weighted by Crippen LogP contribution is 2.52. The summed E-state index contributed by atoms with van der Waals surface area (Å²) < 4.78 is 0. The van der Waals surface area contributed by atoms with Crippen molar-refractivity contribution in [1.29, 1.82) is 0 Å². The third kappa shape index (κ3) is 7.49. The van der Waals surface area contributed by atoms with Gasteiger partial charge in [0.1, 0.15) is 0 Å². The van der Waals surface area contributed by atoms with E-state index in [4.69, 9.17) is 0 Å². The molecule has 1 nitrogen and oxygen atoms in total. The molecule has 134 valence electrons. The van der Waals surface area contributed by atoms with Crippen molar-refractivity contribution in [3.63, 3.8) is 0 Å². The highest BCUT2D eigenvalue weighted by molar-refractivity contribution is 4.91. The molecule has 1 saturated carbocycles. The first-order valence-corrected chi connectivity index (χ1v) is 10.1. The molecule has 0 N–H and O–H groups in total. The Labute approximate surface area is 142 Å². The smallest absolute Gasteiger partial charge is 0.00275 e. The number of rotatable bonds is 8. The van der Waals surface area contributed by atoms with E-state index in [1.54, 1.807) is 0 Å². The van der Waals surface area contributed by atoms with Gasteiger partial charge in [-0.3, -0.25) is 0 Å². The van der Waals surface area contributed by atoms with Crippen LogP contribution in [0.3, 0.4) is 0 Å². The first-order valence-electron chi connectivity index (χ1n) is 10.1. The van der Waals surface area contributed by atoms with E-state index in [1.165, 1.54) is 77.2 Å². The molecule has 0 aromatic carbocycles. The molecule has 0 bridgehead atoms. The molecular weight excluding hydrogens is 266 g/mol. The number of nitrogens with zero attached hydrogens (tertiary/aromatic N) is 1. The third-order valence-electron chi connectivity index (χ3n) is 6.10. The van der Waals surface area contributed by atoms with Crippen LogP contribution in [0.2, 0.25) is 0 Å². The van der Waals surface area contributed by atoms with Crippen molar-refractivity contribution in [1.82, 2.24) is 4.90 Å². The second-order valence-corrected chi connectivity index (χ2v) is 8.01. The molecule has 0 unspecified atom stereocenters. The SMILES string of the molecule is CCCC1(CC)CCC(CC)(CCC)CC1.CCCN(C)C. The van der Waals surface area contributed by atoms with Gasteiger partial charge in [0, 0.05) is 0 Å². The fourth-order valence-corrected chi connectivity index (χ4v) is 4.38. The second kappa shape index (κ2) is 11.5. The standard InChI is InChI=1S/C16H32.C5H13N/c1-5-9-15(7-3)11-13-16(8-4,10-6-2)14-12-15;1-4-5-6(2)3/h5-14H2,1-4H3;4-5H2,1-3H3. The lowest BCUT2D eigenvalue weighted by molar-refractivity contribution is 0.0547. The van der Waals surface area contributed by atoms with Crippen LogP contribution in [0.4, 0.5) is 0 Å². The molecule has 1 fully saturated rings. The van der Waals surface area contributed by atoms with E-state index in [2.05, 4.69) is 53.6 Å². The van der Waals surface area contributed by atoms with Gasteiger partial charge in [-0.05, 0) is 76.4 Å². The van der Waals surface area contributed by atoms with E-state index >= 15 is 0 Å². The molecule has 1 heteroatoms. The van der Waals surface area contributed by atoms with Gasteiger partial charge in [0.2, 0.25) is 0 Å². The lowest BCUT2D eigenvalue weighted by atomic mass is 9.59. The van der Waals surface area contributed by atoms with Gasteiger partial charge in [-0.25, -0.2) is 0 Å². The summed E-state index contributed by atoms with van der Waals surface area (Å²) in [5.41, 5.74) is 1.45. The van der Waals surface area contributed by atoms with Crippen LogP contribution in [0.5, 0.6) is 0 Å². The molecule has 0 amide bonds. The van der Waals surface area contributed by atoms with E-state index in [0.717, 1.165) is 10.8 Å². The normalized spacial score (nSPS) is 28.4. The van der Waals surface area contributed by atoms with Crippen LogP contribution in [0, 0.1) is 10.8 Å². The van der Waals surface area contributed by atoms with Crippen molar-refractivity contribution in [3.8, 4) is 0 Å². The summed E-state index contributed by atoms with van der Waals surface area (Å²) in [4.78, 5) is 2.18. The first kappa shape index (κ1) is 22.0. The average Bonchev–Trinajstić information content (AvgIpc) is 2.50. The van der Waals surface area contributed by atoms with E-state index < -0.39 is 0 Å². The predicted molar refractivity (Wildman–Crippen MR) is 103 cm³/mol. The number of hydrogen-bond acceptors (Lipinski definition) is 1. The minimum Gasteiger partial charge on any atom is -0.309 e. The maximum atomic E-state index is 2.41. The first-order chi connectivity index (χ1) is 10.4. The van der Waals surface area contributed by atoms with Crippen molar-refractivity contribution in [2.24, 2.45) is 10.8 Å². The van der Waals surface area contributed by atoms with Gasteiger partial charge in [-0.2, -0.15) is 0 Å². The Hall–Kier alpha value is -0.0400. The molecule has 0 heterocycles. The van der Waals surface area contributed by atoms with Gasteiger partial charge >= 0.3 is 0 Å². The Bertz CT molecular complexity index is 227. The van der Waals surface area contributed by atoms with E-state index in [-0.39, 0.29) is 0 Å². The average molecular weight is 312 g/mol. The van der Waals surface area contributed by atoms with Crippen molar-refractivity contribution in [2.45, 2.75) is 105 Å². The van der Waals surface area contributed by atoms with Crippen LogP contribution in [-0.4, -0.2) is 25.5 Å². The highest BCUT2D eigenvalue weighted by Gasteiger charge is 2.39. The Morgan fingerprint density at radius 1 is 0.636 bits per heavy atom. The Balaban J connectivity index is 0.000000626. The van der Waals surface area contributed by atoms with Crippen LogP contribution in [-0.2, 0) is 0 Å². The number of hydrogen-bond donors (Lipinski definition) is 0. The van der Waals surface area contributed by atoms with Crippen molar-refractivity contribution in [3.05, 3.63) is 0 Å². The summed E-state index contributed by atoms with van der Waals surface area (Å²) in [6, 6.07) is 0. The summed E-state index contributed by atoms with van der Waals surface area (Å²) in [5, 5.41) is 0. The molecule has 0 atom stereocenters. The topological polar surface area (TPSA) is 3.24 Å². The molecule has 0 aliphatic heterocycles. The Morgan fingerprint density at radius 2 is 1.00 bits per heavy atom. The van der Waals surface area contributed by atoms with E-state index in [0.29, 0.717) is 0 Å². The van der Waals surface area contributed by atoms with Gasteiger partial charge in [-0.15, -0.1) is 0 Å². The zero-order valence-corrected chi connectivity index (χ0v) is 16.9. The lowest BCUT2D eigenvalue weighted by Gasteiger charge is -2.46. The van der Waals surface area contributed by atoms with Crippen molar-refractivity contribution < 1.29 is 0 Å². The predicted octanol–water partition coefficient (Wildman–Crippen LogP) is 6.91. The molecule has 1 aliphatic carbocycles. The van der Waals surface area contributed by atoms with Crippen LogP contribution in [0.15, 0.2) is 0 Å². The molecule has 0 saturated heterocycles. The maximum Gasteiger partial charge on any atom is -0.00275 e. The molecule has 0 spiro atoms. The van der Waals surface area contributed by atoms with Gasteiger partial charge in [-0.1, -0.05) is 60.3 Å². The van der Waals surface area contributed by atoms with Crippen molar-refractivity contribution in [2.75, 3.05) is 20.6 Å². The van der Waals surface area contributed by atoms with Gasteiger partial charge in [0.15, 0.2) is 0 Å². The largest absolute Gasteiger partial charge is 0.309 e. The molecule has 0 aromatic heterocycles. The van der Waals surface area contributed by atoms with Crippen LogP contribution in [0.1, 0.15) is 105 Å². The minimum atomic E-state index is 0.723. The summed E-state index contributed by atoms with van der Waals surface area (Å²) in [5.74, 6) is 0. The second-order valence-electron chi connectivity index (χ2n) is 8.01. The summed E-state index contributed by atoms with van der Waals surface area (Å²) >= 11 is 0. The minimum absolute atomic E-state index is 0.723. The fraction of sp³-hybridized carbons (Fsp3) is 1.00. The van der Waals surface area contributed by atoms with E-state index in [9.17, 15) is 0 Å². The zero-order valence-electron chi connectivity index (χ0n) is 16.9. The molecule has 1 aliphatic rings. The maximum absolute atomic E-state index is 2.41. The summed E-state index contributed by atoms with van der Waals surface area (Å²) in [6.07, 6.45) is 15.8. The Morgan fingerprint density at radius 3 is 1.14 bits per heavy atom. The van der Waals surface area contributed by atoms with Gasteiger partial charge in [0.25, 0.3) is 0 Å². The molecular formula is C21H45N. The van der Waals surface area contributed by atoms with Gasteiger partial charge in [0.05, 0.1) is 0 Å². The summed E-state index contributed by atoms with van der Waals surface area (Å²) in [6.45, 7) is 12.9. The third-order valence-corrected chi connectivity index (χ3v) is 6.10. The van der Waals surface area contributed by atoms with Crippen LogP contribution < -0.4 is 0 Å². The van der Waals surface area contributed by atoms with E-state index in [1.807, 2.05) is 0 Å². The molecule has 1 rings (SSSR count). The fourth-order valence-electron chi connectivity index (χ4n) is 4.38. The van der Waals surface area contributed by atoms with Gasteiger partial charge < -0.3 is 4.90 Å². The van der Waals surface area contributed by atoms with Crippen molar-refractivity contribution >= 4 is 0 Å². The highest BCUT2D eigenvalue weighted by atomic mass is 15.0. The zero-order chi connectivity index (χ0) is 17.1.